The van der Waals surface area contributed by atoms with Gasteiger partial charge in [0.05, 0.1) is 30.9 Å². The Labute approximate surface area is 200 Å². The maximum absolute atomic E-state index is 13.4. The zero-order chi connectivity index (χ0) is 24.2. The van der Waals surface area contributed by atoms with Crippen LogP contribution in [0.2, 0.25) is 0 Å². The highest BCUT2D eigenvalue weighted by atomic mass is 16.5. The van der Waals surface area contributed by atoms with Crippen molar-refractivity contribution in [3.63, 3.8) is 0 Å². The molecule has 1 atom stereocenters. The van der Waals surface area contributed by atoms with Crippen molar-refractivity contribution in [3.05, 3.63) is 89.1 Å². The third-order valence-electron chi connectivity index (χ3n) is 5.86. The molecule has 0 radical (unpaired) electrons. The number of hydrogen-bond acceptors (Lipinski definition) is 4. The Morgan fingerprint density at radius 1 is 1.03 bits per heavy atom. The lowest BCUT2D eigenvalue weighted by molar-refractivity contribution is -0.143. The standard InChI is InChI=1S/C28H30N2O4/c1-5-33-23-16-15-21-13-9-10-14-22(21)25(23)26-24(27(31)34-18(2)3)19(4)30(28(32)29-26)17-20-11-7-6-8-12-20/h6-16,18,26H,5,17H2,1-4H3,(H,29,32)/t26-/m0/s1. The Hall–Kier alpha value is -3.80. The maximum Gasteiger partial charge on any atom is 0.338 e. The third-order valence-corrected chi connectivity index (χ3v) is 5.86. The van der Waals surface area contributed by atoms with Crippen LogP contribution in [0.15, 0.2) is 78.0 Å². The van der Waals surface area contributed by atoms with Gasteiger partial charge in [0.25, 0.3) is 0 Å². The number of rotatable bonds is 7. The highest BCUT2D eigenvalue weighted by molar-refractivity contribution is 5.98. The third kappa shape index (κ3) is 4.62. The lowest BCUT2D eigenvalue weighted by Gasteiger charge is -2.36. The predicted molar refractivity (Wildman–Crippen MR) is 132 cm³/mol. The largest absolute Gasteiger partial charge is 0.493 e. The number of nitrogens with one attached hydrogen (secondary N) is 1. The van der Waals surface area contributed by atoms with Gasteiger partial charge in [-0.15, -0.1) is 0 Å². The first-order chi connectivity index (χ1) is 16.4. The first kappa shape index (κ1) is 23.4. The van der Waals surface area contributed by atoms with Gasteiger partial charge >= 0.3 is 12.0 Å². The van der Waals surface area contributed by atoms with Gasteiger partial charge < -0.3 is 14.8 Å². The van der Waals surface area contributed by atoms with E-state index in [-0.39, 0.29) is 12.1 Å². The molecule has 3 aromatic rings. The molecule has 0 spiro atoms. The number of allylic oxidation sites excluding steroid dienone is 1. The molecule has 1 aliphatic heterocycles. The van der Waals surface area contributed by atoms with Crippen LogP contribution in [0, 0.1) is 0 Å². The van der Waals surface area contributed by atoms with Gasteiger partial charge in [-0.3, -0.25) is 4.90 Å². The predicted octanol–water partition coefficient (Wildman–Crippen LogP) is 5.73. The molecule has 0 saturated carbocycles. The van der Waals surface area contributed by atoms with E-state index in [2.05, 4.69) is 5.32 Å². The van der Waals surface area contributed by atoms with E-state index in [1.54, 1.807) is 11.8 Å². The second-order valence-electron chi connectivity index (χ2n) is 8.54. The summed E-state index contributed by atoms with van der Waals surface area (Å²) < 4.78 is 11.6. The molecule has 1 heterocycles. The minimum absolute atomic E-state index is 0.275. The zero-order valence-electron chi connectivity index (χ0n) is 20.0. The lowest BCUT2D eigenvalue weighted by atomic mass is 9.90. The van der Waals surface area contributed by atoms with Crippen molar-refractivity contribution in [2.45, 2.75) is 46.4 Å². The number of amides is 2. The fourth-order valence-electron chi connectivity index (χ4n) is 4.35. The summed E-state index contributed by atoms with van der Waals surface area (Å²) in [5, 5.41) is 4.99. The first-order valence-electron chi connectivity index (χ1n) is 11.6. The van der Waals surface area contributed by atoms with Crippen LogP contribution in [0.3, 0.4) is 0 Å². The molecule has 0 bridgehead atoms. The summed E-state index contributed by atoms with van der Waals surface area (Å²) in [5.41, 5.74) is 2.69. The fourth-order valence-corrected chi connectivity index (χ4v) is 4.35. The van der Waals surface area contributed by atoms with Gasteiger partial charge in [-0.1, -0.05) is 60.7 Å². The van der Waals surface area contributed by atoms with E-state index in [0.29, 0.717) is 30.2 Å². The van der Waals surface area contributed by atoms with Gasteiger partial charge in [0.15, 0.2) is 0 Å². The summed E-state index contributed by atoms with van der Waals surface area (Å²) in [6.45, 7) is 8.15. The minimum atomic E-state index is -0.710. The van der Waals surface area contributed by atoms with E-state index in [9.17, 15) is 9.59 Å². The molecule has 34 heavy (non-hydrogen) atoms. The number of hydrogen-bond donors (Lipinski definition) is 1. The van der Waals surface area contributed by atoms with Gasteiger partial charge in [-0.25, -0.2) is 9.59 Å². The second-order valence-corrected chi connectivity index (χ2v) is 8.54. The van der Waals surface area contributed by atoms with Gasteiger partial charge in [0.1, 0.15) is 5.75 Å². The van der Waals surface area contributed by atoms with Crippen LogP contribution in [0.5, 0.6) is 5.75 Å². The normalized spacial score (nSPS) is 16.1. The Bertz CT molecular complexity index is 1230. The molecule has 3 aromatic carbocycles. The van der Waals surface area contributed by atoms with Crippen LogP contribution in [0.25, 0.3) is 10.8 Å². The summed E-state index contributed by atoms with van der Waals surface area (Å²) >= 11 is 0. The van der Waals surface area contributed by atoms with Gasteiger partial charge in [-0.2, -0.15) is 0 Å². The van der Waals surface area contributed by atoms with Crippen molar-refractivity contribution in [1.29, 1.82) is 0 Å². The van der Waals surface area contributed by atoms with Crippen molar-refractivity contribution in [1.82, 2.24) is 10.2 Å². The number of benzene rings is 3. The van der Waals surface area contributed by atoms with Crippen LogP contribution in [0.1, 0.15) is 44.9 Å². The Kier molecular flexibility index (Phi) is 6.87. The molecule has 1 aliphatic rings. The summed E-state index contributed by atoms with van der Waals surface area (Å²) in [7, 11) is 0. The topological polar surface area (TPSA) is 67.9 Å². The van der Waals surface area contributed by atoms with E-state index in [1.807, 2.05) is 87.5 Å². The Morgan fingerprint density at radius 3 is 2.44 bits per heavy atom. The quantitative estimate of drug-likeness (QED) is 0.459. The molecule has 6 heteroatoms. The molecular weight excluding hydrogens is 428 g/mol. The Balaban J connectivity index is 1.89. The number of esters is 1. The van der Waals surface area contributed by atoms with Crippen molar-refractivity contribution >= 4 is 22.8 Å². The van der Waals surface area contributed by atoms with Crippen LogP contribution < -0.4 is 10.1 Å². The monoisotopic (exact) mass is 458 g/mol. The van der Waals surface area contributed by atoms with Crippen molar-refractivity contribution in [3.8, 4) is 5.75 Å². The van der Waals surface area contributed by atoms with Crippen LogP contribution in [0.4, 0.5) is 4.79 Å². The average molecular weight is 459 g/mol. The fraction of sp³-hybridized carbons (Fsp3) is 0.286. The molecule has 6 nitrogen and oxygen atoms in total. The lowest BCUT2D eigenvalue weighted by Crippen LogP contribution is -2.48. The van der Waals surface area contributed by atoms with E-state index in [4.69, 9.17) is 9.47 Å². The number of ether oxygens (including phenoxy) is 2. The number of fused-ring (bicyclic) bond motifs is 1. The molecule has 2 amide bonds. The molecule has 4 rings (SSSR count). The van der Waals surface area contributed by atoms with Crippen molar-refractivity contribution in [2.24, 2.45) is 0 Å². The number of urea groups is 1. The average Bonchev–Trinajstić information content (AvgIpc) is 2.81. The summed E-state index contributed by atoms with van der Waals surface area (Å²) in [6.07, 6.45) is -0.299. The molecule has 176 valence electrons. The van der Waals surface area contributed by atoms with Gasteiger partial charge in [0, 0.05) is 11.3 Å². The molecule has 0 fully saturated rings. The second kappa shape index (κ2) is 10.00. The maximum atomic E-state index is 13.4. The van der Waals surface area contributed by atoms with Gasteiger partial charge in [0.2, 0.25) is 0 Å². The first-order valence-corrected chi connectivity index (χ1v) is 11.6. The zero-order valence-corrected chi connectivity index (χ0v) is 20.0. The highest BCUT2D eigenvalue weighted by Crippen LogP contribution is 2.40. The number of carbonyl (C=O) groups is 2. The molecule has 0 unspecified atom stereocenters. The number of carbonyl (C=O) groups excluding carboxylic acids is 2. The molecule has 0 saturated heterocycles. The SMILES string of the molecule is CCOc1ccc2ccccc2c1[C@H]1NC(=O)N(Cc2ccccc2)C(C)=C1C(=O)OC(C)C. The molecule has 0 aromatic heterocycles. The van der Waals surface area contributed by atoms with Crippen molar-refractivity contribution < 1.29 is 19.1 Å². The molecule has 1 N–H and O–H groups in total. The van der Waals surface area contributed by atoms with Crippen LogP contribution in [-0.4, -0.2) is 29.6 Å². The summed E-state index contributed by atoms with van der Waals surface area (Å²) in [6, 6.07) is 20.5. The van der Waals surface area contributed by atoms with Crippen LogP contribution >= 0.6 is 0 Å². The van der Waals surface area contributed by atoms with Gasteiger partial charge in [-0.05, 0) is 50.1 Å². The van der Waals surface area contributed by atoms with E-state index in [1.165, 1.54) is 0 Å². The van der Waals surface area contributed by atoms with E-state index in [0.717, 1.165) is 21.9 Å². The Morgan fingerprint density at radius 2 is 1.74 bits per heavy atom. The highest BCUT2D eigenvalue weighted by Gasteiger charge is 2.38. The molecule has 0 aliphatic carbocycles. The summed E-state index contributed by atoms with van der Waals surface area (Å²) in [4.78, 5) is 28.4. The summed E-state index contributed by atoms with van der Waals surface area (Å²) in [5.74, 6) is 0.177. The number of nitrogens with zero attached hydrogens (tertiary/aromatic N) is 1. The molecular formula is C28H30N2O4. The van der Waals surface area contributed by atoms with E-state index >= 15 is 0 Å². The van der Waals surface area contributed by atoms with Crippen LogP contribution in [-0.2, 0) is 16.1 Å². The van der Waals surface area contributed by atoms with E-state index < -0.39 is 12.0 Å². The van der Waals surface area contributed by atoms with Crippen molar-refractivity contribution in [2.75, 3.05) is 6.61 Å². The minimum Gasteiger partial charge on any atom is -0.493 e. The smallest absolute Gasteiger partial charge is 0.338 e.